The average molecular weight is 172 g/mol. The molecule has 1 radical (unpaired) electrons. The van der Waals surface area contributed by atoms with Gasteiger partial charge in [-0.2, -0.15) is 0 Å². The minimum Gasteiger partial charge on any atom is -0.395 e. The molecular weight excluding hydrogens is 154 g/mol. The fraction of sp³-hybridized carbons (Fsp3) is 1.00. The zero-order valence-electron chi connectivity index (χ0n) is 7.54. The predicted octanol–water partition coefficient (Wildman–Crippen LogP) is 0.511. The third-order valence-corrected chi connectivity index (χ3v) is 2.65. The van der Waals surface area contributed by atoms with Gasteiger partial charge in [-0.15, -0.1) is 0 Å². The number of aliphatic hydroxyl groups excluding tert-OH is 1. The van der Waals surface area contributed by atoms with Gasteiger partial charge < -0.3 is 10.0 Å². The molecule has 0 aromatic rings. The maximum Gasteiger partial charge on any atom is 0.0825 e. The number of nitrogens with zero attached hydrogens (tertiary/aromatic N) is 1. The van der Waals surface area contributed by atoms with Gasteiger partial charge in [-0.25, -0.2) is 5.11 Å². The Kier molecular flexibility index (Phi) is 4.58. The van der Waals surface area contributed by atoms with E-state index in [2.05, 4.69) is 4.90 Å². The van der Waals surface area contributed by atoms with Gasteiger partial charge in [0.1, 0.15) is 0 Å². The maximum atomic E-state index is 10.4. The number of β-amino-alcohol motifs (C(OH)–C–C–N with tert-alkyl or cyclic N) is 1. The van der Waals surface area contributed by atoms with Crippen LogP contribution in [0.4, 0.5) is 0 Å². The largest absolute Gasteiger partial charge is 0.395 e. The van der Waals surface area contributed by atoms with E-state index >= 15 is 0 Å². The molecule has 0 bridgehead atoms. The Balaban J connectivity index is 2.11. The topological polar surface area (TPSA) is 43.4 Å². The van der Waals surface area contributed by atoms with Crippen molar-refractivity contribution in [2.75, 3.05) is 32.8 Å². The Morgan fingerprint density at radius 3 is 2.50 bits per heavy atom. The monoisotopic (exact) mass is 172 g/mol. The van der Waals surface area contributed by atoms with Crippen LogP contribution in [0.2, 0.25) is 0 Å². The number of aliphatic hydroxyl groups is 1. The first-order valence-corrected chi connectivity index (χ1v) is 4.78. The first kappa shape index (κ1) is 9.96. The van der Waals surface area contributed by atoms with E-state index in [9.17, 15) is 5.11 Å². The first-order valence-electron chi connectivity index (χ1n) is 4.78. The van der Waals surface area contributed by atoms with Gasteiger partial charge in [-0.1, -0.05) is 0 Å². The Morgan fingerprint density at radius 1 is 1.33 bits per heavy atom. The van der Waals surface area contributed by atoms with Crippen molar-refractivity contribution in [3.63, 3.8) is 0 Å². The van der Waals surface area contributed by atoms with E-state index in [1.54, 1.807) is 0 Å². The van der Waals surface area contributed by atoms with Crippen LogP contribution in [-0.2, 0) is 5.11 Å². The molecule has 1 N–H and O–H groups in total. The summed E-state index contributed by atoms with van der Waals surface area (Å²) in [5.41, 5.74) is 0. The van der Waals surface area contributed by atoms with Gasteiger partial charge in [0.15, 0.2) is 0 Å². The molecule has 1 heterocycles. The van der Waals surface area contributed by atoms with Crippen LogP contribution in [0.1, 0.15) is 19.3 Å². The molecule has 0 spiro atoms. The molecule has 1 rings (SSSR count). The van der Waals surface area contributed by atoms with Crippen LogP contribution in [0.25, 0.3) is 0 Å². The normalized spacial score (nSPS) is 21.5. The molecule has 0 aromatic heterocycles. The Labute approximate surface area is 74.0 Å². The lowest BCUT2D eigenvalue weighted by molar-refractivity contribution is 0.117. The number of rotatable bonds is 4. The SMILES string of the molecule is [O]CCC1CCN(CCO)CC1. The Morgan fingerprint density at radius 2 is 2.00 bits per heavy atom. The molecule has 1 fully saturated rings. The van der Waals surface area contributed by atoms with E-state index in [0.29, 0.717) is 5.92 Å². The molecule has 12 heavy (non-hydrogen) atoms. The van der Waals surface area contributed by atoms with Crippen molar-refractivity contribution in [1.82, 2.24) is 4.90 Å². The van der Waals surface area contributed by atoms with Gasteiger partial charge in [0.25, 0.3) is 0 Å². The van der Waals surface area contributed by atoms with Gasteiger partial charge in [0.2, 0.25) is 0 Å². The second-order valence-corrected chi connectivity index (χ2v) is 3.50. The quantitative estimate of drug-likeness (QED) is 0.671. The van der Waals surface area contributed by atoms with Gasteiger partial charge in [0.05, 0.1) is 13.2 Å². The number of hydrogen-bond donors (Lipinski definition) is 1. The summed E-state index contributed by atoms with van der Waals surface area (Å²) in [5, 5.41) is 19.0. The number of hydrogen-bond acceptors (Lipinski definition) is 2. The molecule has 0 aliphatic carbocycles. The van der Waals surface area contributed by atoms with Gasteiger partial charge in [-0.3, -0.25) is 0 Å². The molecule has 0 amide bonds. The molecular formula is C9H18NO2. The van der Waals surface area contributed by atoms with E-state index < -0.39 is 0 Å². The molecule has 71 valence electrons. The molecule has 1 saturated heterocycles. The Hall–Kier alpha value is -0.120. The zero-order valence-corrected chi connectivity index (χ0v) is 7.54. The van der Waals surface area contributed by atoms with E-state index in [0.717, 1.165) is 38.9 Å². The summed E-state index contributed by atoms with van der Waals surface area (Å²) in [6, 6.07) is 0. The molecule has 0 aromatic carbocycles. The molecule has 0 unspecified atom stereocenters. The summed E-state index contributed by atoms with van der Waals surface area (Å²) < 4.78 is 0. The highest BCUT2D eigenvalue weighted by molar-refractivity contribution is 4.71. The maximum absolute atomic E-state index is 10.4. The van der Waals surface area contributed by atoms with Crippen LogP contribution >= 0.6 is 0 Å². The number of likely N-dealkylation sites (tertiary alicyclic amines) is 1. The van der Waals surface area contributed by atoms with Crippen LogP contribution in [0.3, 0.4) is 0 Å². The summed E-state index contributed by atoms with van der Waals surface area (Å²) in [6.45, 7) is 3.25. The van der Waals surface area contributed by atoms with Gasteiger partial charge in [0, 0.05) is 6.54 Å². The third-order valence-electron chi connectivity index (χ3n) is 2.65. The van der Waals surface area contributed by atoms with Crippen LogP contribution in [0.15, 0.2) is 0 Å². The molecule has 3 nitrogen and oxygen atoms in total. The summed E-state index contributed by atoms with van der Waals surface area (Å²) in [5.74, 6) is 0.650. The van der Waals surface area contributed by atoms with Crippen LogP contribution < -0.4 is 0 Å². The molecule has 0 saturated carbocycles. The van der Waals surface area contributed by atoms with Gasteiger partial charge in [-0.05, 0) is 38.3 Å². The third kappa shape index (κ3) is 3.09. The highest BCUT2D eigenvalue weighted by Gasteiger charge is 2.17. The lowest BCUT2D eigenvalue weighted by Crippen LogP contribution is -2.35. The summed E-state index contributed by atoms with van der Waals surface area (Å²) >= 11 is 0. The van der Waals surface area contributed by atoms with Crippen LogP contribution in [0.5, 0.6) is 0 Å². The first-order chi connectivity index (χ1) is 5.86. The second kappa shape index (κ2) is 5.51. The molecule has 0 atom stereocenters. The molecule has 1 aliphatic heterocycles. The molecule has 1 aliphatic rings. The zero-order chi connectivity index (χ0) is 8.81. The Bertz CT molecular complexity index is 97.1. The number of piperidine rings is 1. The van der Waals surface area contributed by atoms with E-state index in [4.69, 9.17) is 5.11 Å². The molecule has 3 heteroatoms. The highest BCUT2D eigenvalue weighted by atomic mass is 16.3. The van der Waals surface area contributed by atoms with Crippen molar-refractivity contribution < 1.29 is 10.2 Å². The summed E-state index contributed by atoms with van der Waals surface area (Å²) in [7, 11) is 0. The average Bonchev–Trinajstić information content (AvgIpc) is 2.09. The van der Waals surface area contributed by atoms with Crippen molar-refractivity contribution in [3.8, 4) is 0 Å². The highest BCUT2D eigenvalue weighted by Crippen LogP contribution is 2.19. The van der Waals surface area contributed by atoms with E-state index in [-0.39, 0.29) is 13.2 Å². The summed E-state index contributed by atoms with van der Waals surface area (Å²) in [6.07, 6.45) is 3.12. The van der Waals surface area contributed by atoms with E-state index in [1.807, 2.05) is 0 Å². The van der Waals surface area contributed by atoms with Crippen LogP contribution in [0, 0.1) is 5.92 Å². The van der Waals surface area contributed by atoms with Crippen molar-refractivity contribution in [1.29, 1.82) is 0 Å². The lowest BCUT2D eigenvalue weighted by atomic mass is 9.94. The lowest BCUT2D eigenvalue weighted by Gasteiger charge is -2.30. The minimum absolute atomic E-state index is 0.0741. The fourth-order valence-corrected chi connectivity index (χ4v) is 1.81. The van der Waals surface area contributed by atoms with Crippen LogP contribution in [-0.4, -0.2) is 42.9 Å². The standard InChI is InChI=1S/C9H18NO2/c11-7-3-9-1-4-10(5-2-9)6-8-12/h9,12H,1-8H2. The fourth-order valence-electron chi connectivity index (χ4n) is 1.81. The summed E-state index contributed by atoms with van der Waals surface area (Å²) in [4.78, 5) is 2.27. The smallest absolute Gasteiger partial charge is 0.0825 e. The minimum atomic E-state index is 0.0741. The second-order valence-electron chi connectivity index (χ2n) is 3.50. The van der Waals surface area contributed by atoms with Gasteiger partial charge >= 0.3 is 0 Å². The van der Waals surface area contributed by atoms with Crippen molar-refractivity contribution >= 4 is 0 Å². The van der Waals surface area contributed by atoms with E-state index in [1.165, 1.54) is 0 Å². The van der Waals surface area contributed by atoms with Crippen molar-refractivity contribution in [3.05, 3.63) is 0 Å². The van der Waals surface area contributed by atoms with Crippen molar-refractivity contribution in [2.45, 2.75) is 19.3 Å². The van der Waals surface area contributed by atoms with Crippen molar-refractivity contribution in [2.24, 2.45) is 5.92 Å². The predicted molar refractivity (Wildman–Crippen MR) is 46.4 cm³/mol.